The van der Waals surface area contributed by atoms with E-state index in [1.54, 1.807) is 11.8 Å². The average Bonchev–Trinajstić information content (AvgIpc) is 2.97. The van der Waals surface area contributed by atoms with Crippen molar-refractivity contribution in [2.45, 2.75) is 69.4 Å². The van der Waals surface area contributed by atoms with Gasteiger partial charge < -0.3 is 19.7 Å². The van der Waals surface area contributed by atoms with E-state index in [0.29, 0.717) is 17.5 Å². The zero-order valence-corrected chi connectivity index (χ0v) is 28.5. The van der Waals surface area contributed by atoms with Crippen LogP contribution >= 0.6 is 11.8 Å². The maximum atomic E-state index is 12.4. The molecule has 4 rings (SSSR count). The first kappa shape index (κ1) is 35.6. The molecule has 8 heteroatoms. The van der Waals surface area contributed by atoms with E-state index in [2.05, 4.69) is 43.1 Å². The minimum Gasteiger partial charge on any atom is -0.475 e. The number of rotatable bonds is 9. The van der Waals surface area contributed by atoms with Gasteiger partial charge in [-0.1, -0.05) is 90.1 Å². The predicted octanol–water partition coefficient (Wildman–Crippen LogP) is 7.75. The summed E-state index contributed by atoms with van der Waals surface area (Å²) in [5, 5.41) is 12.6. The van der Waals surface area contributed by atoms with Crippen LogP contribution in [-0.4, -0.2) is 49.1 Å². The second-order valence-electron chi connectivity index (χ2n) is 13.4. The number of carboxylic acid groups (broad SMARTS) is 1. The zero-order chi connectivity index (χ0) is 33.4. The third-order valence-corrected chi connectivity index (χ3v) is 8.29. The lowest BCUT2D eigenvalue weighted by molar-refractivity contribution is 0.0662. The van der Waals surface area contributed by atoms with E-state index in [9.17, 15) is 14.4 Å². The van der Waals surface area contributed by atoms with Crippen LogP contribution in [-0.2, 0) is 16.6 Å². The van der Waals surface area contributed by atoms with E-state index >= 15 is 0 Å². The predicted molar refractivity (Wildman–Crippen MR) is 185 cm³/mol. The molecule has 0 aliphatic heterocycles. The van der Waals surface area contributed by atoms with Gasteiger partial charge >= 0.3 is 5.97 Å². The highest BCUT2D eigenvalue weighted by Crippen LogP contribution is 2.34. The molecule has 0 radical (unpaired) electrons. The minimum atomic E-state index is -1.24. The molecule has 1 heterocycles. The Bertz CT molecular complexity index is 1660. The Morgan fingerprint density at radius 2 is 1.53 bits per heavy atom. The molecule has 0 atom stereocenters. The van der Waals surface area contributed by atoms with Crippen LogP contribution < -0.4 is 10.7 Å². The van der Waals surface area contributed by atoms with Crippen molar-refractivity contribution < 1.29 is 19.1 Å². The van der Waals surface area contributed by atoms with Crippen LogP contribution in [0.5, 0.6) is 0 Å². The molecule has 7 nitrogen and oxygen atoms in total. The molecule has 0 saturated carbocycles. The molecular weight excluding hydrogens is 584 g/mol. The molecular formula is C37H46N2O5S. The molecule has 1 amide bonds. The van der Waals surface area contributed by atoms with Gasteiger partial charge in [0.25, 0.3) is 5.91 Å². The normalized spacial score (nSPS) is 11.7. The number of carboxylic acids is 1. The molecule has 0 aliphatic carbocycles. The third kappa shape index (κ3) is 10.3. The molecule has 4 aromatic rings. The number of aromatic carboxylic acids is 1. The number of thioether (sulfide) groups is 1. The third-order valence-electron chi connectivity index (χ3n) is 7.15. The summed E-state index contributed by atoms with van der Waals surface area (Å²) in [5.41, 5.74) is 3.55. The van der Waals surface area contributed by atoms with E-state index in [1.165, 1.54) is 5.56 Å². The van der Waals surface area contributed by atoms with Crippen LogP contribution in [0.15, 0.2) is 86.9 Å². The molecule has 0 spiro atoms. The zero-order valence-electron chi connectivity index (χ0n) is 27.7. The molecule has 0 bridgehead atoms. The Morgan fingerprint density at radius 1 is 0.889 bits per heavy atom. The van der Waals surface area contributed by atoms with Gasteiger partial charge in [-0.05, 0) is 67.2 Å². The second kappa shape index (κ2) is 15.4. The lowest BCUT2D eigenvalue weighted by atomic mass is 9.79. The minimum absolute atomic E-state index is 0.0138. The van der Waals surface area contributed by atoms with Gasteiger partial charge in [0.1, 0.15) is 5.58 Å². The first-order valence-corrected chi connectivity index (χ1v) is 16.1. The molecule has 0 saturated heterocycles. The summed E-state index contributed by atoms with van der Waals surface area (Å²) in [4.78, 5) is 39.0. The smallest absolute Gasteiger partial charge is 0.371 e. The van der Waals surface area contributed by atoms with Crippen molar-refractivity contribution in [2.24, 2.45) is 0 Å². The molecule has 2 N–H and O–H groups in total. The molecule has 0 unspecified atom stereocenters. The lowest BCUT2D eigenvalue weighted by Crippen LogP contribution is -2.27. The van der Waals surface area contributed by atoms with E-state index in [4.69, 9.17) is 9.52 Å². The van der Waals surface area contributed by atoms with Crippen LogP contribution in [0.2, 0.25) is 0 Å². The van der Waals surface area contributed by atoms with Gasteiger partial charge in [0, 0.05) is 28.8 Å². The summed E-state index contributed by atoms with van der Waals surface area (Å²) >= 11 is 1.70. The summed E-state index contributed by atoms with van der Waals surface area (Å²) in [7, 11) is 4.08. The van der Waals surface area contributed by atoms with Crippen LogP contribution in [0.1, 0.15) is 85.6 Å². The van der Waals surface area contributed by atoms with Crippen LogP contribution in [0.3, 0.4) is 0 Å². The van der Waals surface area contributed by atoms with Crippen molar-refractivity contribution in [1.29, 1.82) is 0 Å². The Kier molecular flexibility index (Phi) is 12.2. The van der Waals surface area contributed by atoms with Gasteiger partial charge in [-0.3, -0.25) is 9.59 Å². The van der Waals surface area contributed by atoms with Crippen LogP contribution in [0.25, 0.3) is 11.0 Å². The molecule has 0 fully saturated rings. The van der Waals surface area contributed by atoms with Crippen LogP contribution in [0, 0.1) is 0 Å². The van der Waals surface area contributed by atoms with Crippen molar-refractivity contribution in [3.8, 4) is 0 Å². The first-order valence-electron chi connectivity index (χ1n) is 15.1. The summed E-state index contributed by atoms with van der Waals surface area (Å²) < 4.78 is 5.53. The van der Waals surface area contributed by atoms with Crippen molar-refractivity contribution in [2.75, 3.05) is 27.2 Å². The first-order chi connectivity index (χ1) is 21.1. The maximum Gasteiger partial charge on any atom is 0.371 e. The summed E-state index contributed by atoms with van der Waals surface area (Å²) in [6.07, 6.45) is 0.956. The van der Waals surface area contributed by atoms with Crippen molar-refractivity contribution in [3.05, 3.63) is 111 Å². The second-order valence-corrected chi connectivity index (χ2v) is 14.4. The van der Waals surface area contributed by atoms with Crippen molar-refractivity contribution >= 4 is 34.6 Å². The highest BCUT2D eigenvalue weighted by molar-refractivity contribution is 7.98. The number of carbonyl (C=O) groups is 2. The van der Waals surface area contributed by atoms with Gasteiger partial charge in [0.15, 0.2) is 5.43 Å². The van der Waals surface area contributed by atoms with Gasteiger partial charge in [-0.15, -0.1) is 11.8 Å². The van der Waals surface area contributed by atoms with Gasteiger partial charge in [0.05, 0.1) is 10.9 Å². The average molecular weight is 631 g/mol. The Hall–Kier alpha value is -3.88. The Morgan fingerprint density at radius 3 is 2.13 bits per heavy atom. The highest BCUT2D eigenvalue weighted by Gasteiger charge is 2.25. The number of hydrogen-bond acceptors (Lipinski definition) is 6. The fourth-order valence-corrected chi connectivity index (χ4v) is 5.57. The Labute approximate surface area is 271 Å². The number of benzene rings is 3. The molecule has 45 heavy (non-hydrogen) atoms. The number of nitrogens with one attached hydrogen (secondary N) is 1. The Balaban J connectivity index is 0.000000246. The monoisotopic (exact) mass is 630 g/mol. The molecule has 1 aromatic heterocycles. The maximum absolute atomic E-state index is 12.4. The van der Waals surface area contributed by atoms with Gasteiger partial charge in [-0.2, -0.15) is 0 Å². The van der Waals surface area contributed by atoms with E-state index in [0.717, 1.165) is 46.4 Å². The fourth-order valence-electron chi connectivity index (χ4n) is 4.56. The highest BCUT2D eigenvalue weighted by atomic mass is 32.2. The van der Waals surface area contributed by atoms with E-state index < -0.39 is 5.97 Å². The van der Waals surface area contributed by atoms with Crippen LogP contribution in [0.4, 0.5) is 0 Å². The largest absolute Gasteiger partial charge is 0.475 e. The number of nitrogens with zero attached hydrogens (tertiary/aromatic N) is 1. The lowest BCUT2D eigenvalue weighted by Gasteiger charge is -2.25. The number of carbonyl (C=O) groups excluding carboxylic acids is 1. The number of hydrogen-bond donors (Lipinski definition) is 2. The quantitative estimate of drug-likeness (QED) is 0.144. The molecule has 0 aliphatic rings. The fraction of sp³-hybridized carbons (Fsp3) is 0.378. The summed E-state index contributed by atoms with van der Waals surface area (Å²) in [6.45, 7) is 14.0. The van der Waals surface area contributed by atoms with Gasteiger partial charge in [-0.25, -0.2) is 4.79 Å². The molecule has 3 aromatic carbocycles. The summed E-state index contributed by atoms with van der Waals surface area (Å²) in [6, 6.07) is 23.0. The van der Waals surface area contributed by atoms with Gasteiger partial charge in [0.2, 0.25) is 5.76 Å². The topological polar surface area (TPSA) is 99.8 Å². The number of amides is 1. The van der Waals surface area contributed by atoms with Crippen molar-refractivity contribution in [1.82, 2.24) is 10.2 Å². The van der Waals surface area contributed by atoms with E-state index in [-0.39, 0.29) is 27.9 Å². The molecule has 240 valence electrons. The van der Waals surface area contributed by atoms with E-state index in [1.807, 2.05) is 89.5 Å². The standard InChI is InChI=1S/C19H24N2OS.C18H22O4/c1-21(2)14-8-13-20-19(22)17-11-6-7-12-18(17)23-15-16-9-4-3-5-10-16;1-17(2,3)10-7-11-13(19)9-14(16(20)21)22-15(11)12(8-10)18(4,5)6/h3-7,9-12H,8,13-15H2,1-2H3,(H,20,22);7-9H,1-6H3,(H,20,21). The SMILES string of the molecule is CC(C)(C)c1cc(C(C)(C)C)c2oc(C(=O)O)cc(=O)c2c1.CN(C)CCCNC(=O)c1ccccc1SCc1ccccc1. The summed E-state index contributed by atoms with van der Waals surface area (Å²) in [5.74, 6) is -0.684. The van der Waals surface area contributed by atoms with Crippen molar-refractivity contribution in [3.63, 3.8) is 0 Å². The number of fused-ring (bicyclic) bond motifs is 1.